The summed E-state index contributed by atoms with van der Waals surface area (Å²) in [5.74, 6) is -2.60. The minimum Gasteiger partial charge on any atom is -0.466 e. The highest BCUT2D eigenvalue weighted by atomic mass is 16.5. The first-order valence-electron chi connectivity index (χ1n) is 8.52. The highest BCUT2D eigenvalue weighted by Gasteiger charge is 2.43. The molecule has 1 aliphatic carbocycles. The van der Waals surface area contributed by atoms with Crippen molar-refractivity contribution in [1.82, 2.24) is 4.98 Å². The highest BCUT2D eigenvalue weighted by molar-refractivity contribution is 6.07. The molecule has 6 nitrogen and oxygen atoms in total. The van der Waals surface area contributed by atoms with E-state index in [1.165, 1.54) is 0 Å². The van der Waals surface area contributed by atoms with E-state index in [-0.39, 0.29) is 25.4 Å². The molecule has 1 aliphatic rings. The molecule has 0 bridgehead atoms. The van der Waals surface area contributed by atoms with Crippen molar-refractivity contribution in [1.29, 1.82) is 0 Å². The first-order chi connectivity index (χ1) is 12.1. The Morgan fingerprint density at radius 1 is 1.16 bits per heavy atom. The summed E-state index contributed by atoms with van der Waals surface area (Å²) in [6.07, 6.45) is 0.249. The number of H-pyrrole nitrogens is 1. The summed E-state index contributed by atoms with van der Waals surface area (Å²) in [7, 11) is 0. The summed E-state index contributed by atoms with van der Waals surface area (Å²) in [6, 6.07) is 7.59. The fourth-order valence-electron chi connectivity index (χ4n) is 3.48. The van der Waals surface area contributed by atoms with Gasteiger partial charge in [-0.05, 0) is 31.9 Å². The van der Waals surface area contributed by atoms with Crippen molar-refractivity contribution in [3.63, 3.8) is 0 Å². The van der Waals surface area contributed by atoms with E-state index < -0.39 is 23.8 Å². The standard InChI is InChI=1S/C19H21NO5/c1-3-24-16(21)10-13-14(19(23)25-4-2)9-12-11-7-5-6-8-15(11)20-17(12)18(13)22/h5-8,13-14,20H,3-4,9-10H2,1-2H3. The first kappa shape index (κ1) is 17.2. The van der Waals surface area contributed by atoms with Gasteiger partial charge in [0.2, 0.25) is 0 Å². The SMILES string of the molecule is CCOC(=O)CC1C(=O)c2[nH]c3ccccc3c2CC1C(=O)OCC. The Bertz CT molecular complexity index is 822. The molecule has 0 saturated heterocycles. The van der Waals surface area contributed by atoms with Crippen molar-refractivity contribution >= 4 is 28.6 Å². The number of hydrogen-bond donors (Lipinski definition) is 1. The lowest BCUT2D eigenvalue weighted by molar-refractivity contribution is -0.151. The lowest BCUT2D eigenvalue weighted by atomic mass is 9.75. The van der Waals surface area contributed by atoms with E-state index >= 15 is 0 Å². The second-order valence-electron chi connectivity index (χ2n) is 6.07. The van der Waals surface area contributed by atoms with E-state index in [1.807, 2.05) is 24.3 Å². The summed E-state index contributed by atoms with van der Waals surface area (Å²) in [5.41, 5.74) is 2.15. The van der Waals surface area contributed by atoms with Crippen LogP contribution < -0.4 is 0 Å². The number of rotatable bonds is 5. The summed E-state index contributed by atoms with van der Waals surface area (Å²) >= 11 is 0. The monoisotopic (exact) mass is 343 g/mol. The van der Waals surface area contributed by atoms with Crippen LogP contribution in [-0.4, -0.2) is 35.9 Å². The lowest BCUT2D eigenvalue weighted by Gasteiger charge is -2.28. The van der Waals surface area contributed by atoms with Crippen LogP contribution in [0, 0.1) is 11.8 Å². The Hall–Kier alpha value is -2.63. The van der Waals surface area contributed by atoms with Crippen molar-refractivity contribution in [2.45, 2.75) is 26.7 Å². The van der Waals surface area contributed by atoms with Crippen molar-refractivity contribution < 1.29 is 23.9 Å². The number of fused-ring (bicyclic) bond motifs is 3. The van der Waals surface area contributed by atoms with Gasteiger partial charge < -0.3 is 14.5 Å². The van der Waals surface area contributed by atoms with Gasteiger partial charge in [-0.25, -0.2) is 0 Å². The molecular weight excluding hydrogens is 322 g/mol. The van der Waals surface area contributed by atoms with Gasteiger partial charge >= 0.3 is 11.9 Å². The Balaban J connectivity index is 2.01. The van der Waals surface area contributed by atoms with Crippen LogP contribution in [0.2, 0.25) is 0 Å². The van der Waals surface area contributed by atoms with Crippen molar-refractivity contribution in [2.24, 2.45) is 11.8 Å². The third-order valence-electron chi connectivity index (χ3n) is 4.59. The number of ketones is 1. The molecule has 0 radical (unpaired) electrons. The van der Waals surface area contributed by atoms with Gasteiger partial charge in [0, 0.05) is 16.8 Å². The third-order valence-corrected chi connectivity index (χ3v) is 4.59. The Labute approximate surface area is 145 Å². The predicted octanol–water partition coefficient (Wildman–Crippen LogP) is 2.66. The van der Waals surface area contributed by atoms with Gasteiger partial charge in [-0.1, -0.05) is 18.2 Å². The van der Waals surface area contributed by atoms with Gasteiger partial charge in [0.25, 0.3) is 0 Å². The largest absolute Gasteiger partial charge is 0.466 e. The average Bonchev–Trinajstić information content (AvgIpc) is 2.96. The third kappa shape index (κ3) is 3.16. The van der Waals surface area contributed by atoms with Crippen molar-refractivity contribution in [3.8, 4) is 0 Å². The normalized spacial score (nSPS) is 19.5. The zero-order valence-corrected chi connectivity index (χ0v) is 14.3. The molecule has 1 aromatic carbocycles. The van der Waals surface area contributed by atoms with Crippen LogP contribution in [0.15, 0.2) is 24.3 Å². The number of para-hydroxylation sites is 1. The average molecular weight is 343 g/mol. The summed E-state index contributed by atoms with van der Waals surface area (Å²) < 4.78 is 10.1. The molecule has 2 aromatic rings. The van der Waals surface area contributed by atoms with Crippen LogP contribution in [0.3, 0.4) is 0 Å². The molecule has 25 heavy (non-hydrogen) atoms. The Morgan fingerprint density at radius 2 is 1.88 bits per heavy atom. The van der Waals surface area contributed by atoms with Crippen LogP contribution in [0.25, 0.3) is 10.9 Å². The molecular formula is C19H21NO5. The second kappa shape index (κ2) is 7.09. The molecule has 0 saturated carbocycles. The number of Topliss-reactive ketones (excluding diaryl/α,β-unsaturated/α-hetero) is 1. The zero-order valence-electron chi connectivity index (χ0n) is 14.3. The Kier molecular flexibility index (Phi) is 4.88. The highest BCUT2D eigenvalue weighted by Crippen LogP contribution is 2.37. The summed E-state index contributed by atoms with van der Waals surface area (Å²) in [4.78, 5) is 40.5. The van der Waals surface area contributed by atoms with Crippen molar-refractivity contribution in [2.75, 3.05) is 13.2 Å². The number of aromatic nitrogens is 1. The number of hydrogen-bond acceptors (Lipinski definition) is 5. The number of aromatic amines is 1. The minimum atomic E-state index is -0.765. The van der Waals surface area contributed by atoms with Crippen LogP contribution in [0.1, 0.15) is 36.3 Å². The zero-order chi connectivity index (χ0) is 18.0. The molecule has 0 fully saturated rings. The topological polar surface area (TPSA) is 85.5 Å². The van der Waals surface area contributed by atoms with Crippen LogP contribution in [0.4, 0.5) is 0 Å². The molecule has 0 spiro atoms. The second-order valence-corrected chi connectivity index (χ2v) is 6.07. The smallest absolute Gasteiger partial charge is 0.310 e. The van der Waals surface area contributed by atoms with E-state index in [0.717, 1.165) is 16.5 Å². The van der Waals surface area contributed by atoms with E-state index in [1.54, 1.807) is 13.8 Å². The molecule has 0 amide bonds. The van der Waals surface area contributed by atoms with Crippen LogP contribution in [0.5, 0.6) is 0 Å². The van der Waals surface area contributed by atoms with Gasteiger partial charge in [0.15, 0.2) is 5.78 Å². The maximum Gasteiger partial charge on any atom is 0.310 e. The van der Waals surface area contributed by atoms with Gasteiger partial charge in [-0.3, -0.25) is 14.4 Å². The Morgan fingerprint density at radius 3 is 2.60 bits per heavy atom. The first-order valence-corrected chi connectivity index (χ1v) is 8.52. The van der Waals surface area contributed by atoms with Crippen LogP contribution >= 0.6 is 0 Å². The maximum absolute atomic E-state index is 13.0. The lowest BCUT2D eigenvalue weighted by Crippen LogP contribution is -2.38. The number of nitrogens with one attached hydrogen (secondary N) is 1. The van der Waals surface area contributed by atoms with Gasteiger partial charge in [-0.2, -0.15) is 0 Å². The van der Waals surface area contributed by atoms with Gasteiger partial charge in [0.05, 0.1) is 31.2 Å². The molecule has 1 aromatic heterocycles. The van der Waals surface area contributed by atoms with E-state index in [9.17, 15) is 14.4 Å². The van der Waals surface area contributed by atoms with E-state index in [4.69, 9.17) is 9.47 Å². The summed E-state index contributed by atoms with van der Waals surface area (Å²) in [6.45, 7) is 3.90. The summed E-state index contributed by atoms with van der Waals surface area (Å²) in [5, 5.41) is 0.926. The fourth-order valence-corrected chi connectivity index (χ4v) is 3.48. The fraction of sp³-hybridized carbons (Fsp3) is 0.421. The number of esters is 2. The van der Waals surface area contributed by atoms with E-state index in [2.05, 4.69) is 4.98 Å². The van der Waals surface area contributed by atoms with Gasteiger partial charge in [-0.15, -0.1) is 0 Å². The van der Waals surface area contributed by atoms with Crippen molar-refractivity contribution in [3.05, 3.63) is 35.5 Å². The molecule has 2 atom stereocenters. The molecule has 2 unspecified atom stereocenters. The molecule has 3 rings (SSSR count). The molecule has 6 heteroatoms. The quantitative estimate of drug-likeness (QED) is 0.844. The predicted molar refractivity (Wildman–Crippen MR) is 91.2 cm³/mol. The molecule has 132 valence electrons. The van der Waals surface area contributed by atoms with Gasteiger partial charge in [0.1, 0.15) is 0 Å². The minimum absolute atomic E-state index is 0.120. The molecule has 1 N–H and O–H groups in total. The van der Waals surface area contributed by atoms with E-state index in [0.29, 0.717) is 12.1 Å². The number of carbonyl (C=O) groups is 3. The molecule has 0 aliphatic heterocycles. The molecule has 1 heterocycles. The number of carbonyl (C=O) groups excluding carboxylic acids is 3. The van der Waals surface area contributed by atoms with Crippen LogP contribution in [-0.2, 0) is 25.5 Å². The maximum atomic E-state index is 13.0. The number of benzene rings is 1. The number of ether oxygens (including phenoxy) is 2.